The molecule has 2 nitrogen and oxygen atoms in total. The normalized spacial score (nSPS) is 60.8. The van der Waals surface area contributed by atoms with Gasteiger partial charge in [-0.05, 0) is 73.7 Å². The minimum absolute atomic E-state index is 0.0718. The van der Waals surface area contributed by atoms with Crippen LogP contribution in [0, 0.1) is 34.5 Å². The molecule has 0 unspecified atom stereocenters. The Morgan fingerprint density at radius 3 is 2.90 bits per heavy atom. The van der Waals surface area contributed by atoms with Crippen LogP contribution in [0.2, 0.25) is 0 Å². The third kappa shape index (κ3) is 1.50. The Hall–Kier alpha value is -0.630. The number of carbonyl (C=O) groups is 1. The number of ketones is 1. The van der Waals surface area contributed by atoms with Gasteiger partial charge in [-0.15, -0.1) is 0 Å². The molecule has 0 aromatic rings. The zero-order valence-electron chi connectivity index (χ0n) is 13.2. The summed E-state index contributed by atoms with van der Waals surface area (Å²) in [6, 6.07) is 0. The third-order valence-corrected chi connectivity index (χ3v) is 8.18. The van der Waals surface area contributed by atoms with Crippen LogP contribution in [0.4, 0.5) is 0 Å². The van der Waals surface area contributed by atoms with E-state index in [0.29, 0.717) is 29.3 Å². The van der Waals surface area contributed by atoms with E-state index in [1.54, 1.807) is 0 Å². The predicted octanol–water partition coefficient (Wildman–Crippen LogP) is 3.75. The van der Waals surface area contributed by atoms with Crippen molar-refractivity contribution in [1.29, 1.82) is 0 Å². The van der Waals surface area contributed by atoms with E-state index in [1.165, 1.54) is 32.1 Å². The predicted molar refractivity (Wildman–Crippen MR) is 80.7 cm³/mol. The number of allylic oxidation sites excluding steroid dienone is 2. The fraction of sp³-hybridized carbons (Fsp3) is 0.842. The lowest BCUT2D eigenvalue weighted by Gasteiger charge is -2.58. The first kappa shape index (κ1) is 12.9. The molecule has 5 aliphatic rings. The molecule has 0 bridgehead atoms. The molecular formula is C19H26O2. The van der Waals surface area contributed by atoms with E-state index in [2.05, 4.69) is 19.9 Å². The molecule has 4 fully saturated rings. The van der Waals surface area contributed by atoms with Crippen LogP contribution in [0.1, 0.15) is 52.4 Å². The second kappa shape index (κ2) is 3.82. The monoisotopic (exact) mass is 286 g/mol. The molecule has 2 heteroatoms. The van der Waals surface area contributed by atoms with Gasteiger partial charge in [0.2, 0.25) is 0 Å². The van der Waals surface area contributed by atoms with Crippen LogP contribution >= 0.6 is 0 Å². The standard InChI is InChI=1S/C19H26O2/c1-18-8-7-14-12(13(18)5-6-17(18)20)4-3-11-9-15-16(21-15)10-19(11,14)2/h5-6,11-16H,3-4,7-10H2,1-2H3/t11-,12-,13-,14-,15-,16+,18-,19-/m0/s1. The molecule has 0 spiro atoms. The lowest BCUT2D eigenvalue weighted by molar-refractivity contribution is -0.135. The van der Waals surface area contributed by atoms with E-state index in [4.69, 9.17) is 4.74 Å². The van der Waals surface area contributed by atoms with Crippen molar-refractivity contribution < 1.29 is 9.53 Å². The average molecular weight is 286 g/mol. The zero-order valence-corrected chi connectivity index (χ0v) is 13.2. The van der Waals surface area contributed by atoms with Gasteiger partial charge in [0.1, 0.15) is 0 Å². The topological polar surface area (TPSA) is 29.6 Å². The largest absolute Gasteiger partial charge is 0.370 e. The van der Waals surface area contributed by atoms with Crippen LogP contribution in [0.15, 0.2) is 12.2 Å². The van der Waals surface area contributed by atoms with Crippen LogP contribution < -0.4 is 0 Å². The van der Waals surface area contributed by atoms with Gasteiger partial charge in [0.05, 0.1) is 12.2 Å². The van der Waals surface area contributed by atoms with Crippen molar-refractivity contribution in [2.24, 2.45) is 34.5 Å². The van der Waals surface area contributed by atoms with E-state index >= 15 is 0 Å². The highest BCUT2D eigenvalue weighted by Gasteiger charge is 2.62. The summed E-state index contributed by atoms with van der Waals surface area (Å²) < 4.78 is 5.87. The highest BCUT2D eigenvalue weighted by Crippen LogP contribution is 2.66. The minimum atomic E-state index is -0.0718. The van der Waals surface area contributed by atoms with Crippen LogP contribution in [-0.4, -0.2) is 18.0 Å². The summed E-state index contributed by atoms with van der Waals surface area (Å²) in [5, 5.41) is 0. The fourth-order valence-corrected chi connectivity index (χ4v) is 6.79. The zero-order chi connectivity index (χ0) is 14.4. The summed E-state index contributed by atoms with van der Waals surface area (Å²) in [6.45, 7) is 4.78. The molecule has 1 aliphatic heterocycles. The van der Waals surface area contributed by atoms with E-state index < -0.39 is 0 Å². The summed E-state index contributed by atoms with van der Waals surface area (Å²) in [5.41, 5.74) is 0.402. The van der Waals surface area contributed by atoms with Crippen molar-refractivity contribution >= 4 is 5.78 Å². The molecule has 8 atom stereocenters. The second-order valence-corrected chi connectivity index (χ2v) is 8.91. The minimum Gasteiger partial charge on any atom is -0.370 e. The number of rotatable bonds is 0. The molecule has 0 radical (unpaired) electrons. The molecule has 1 heterocycles. The Kier molecular flexibility index (Phi) is 2.34. The van der Waals surface area contributed by atoms with Crippen molar-refractivity contribution in [1.82, 2.24) is 0 Å². The van der Waals surface area contributed by atoms with Crippen LogP contribution in [0.5, 0.6) is 0 Å². The molecule has 21 heavy (non-hydrogen) atoms. The maximum Gasteiger partial charge on any atom is 0.161 e. The molecule has 4 aliphatic carbocycles. The van der Waals surface area contributed by atoms with Gasteiger partial charge in [0, 0.05) is 5.41 Å². The highest BCUT2D eigenvalue weighted by molar-refractivity contribution is 5.97. The number of hydrogen-bond acceptors (Lipinski definition) is 2. The Bertz CT molecular complexity index is 538. The molecule has 1 saturated heterocycles. The lowest BCUT2D eigenvalue weighted by atomic mass is 9.45. The number of carbonyl (C=O) groups excluding carboxylic acids is 1. The van der Waals surface area contributed by atoms with Gasteiger partial charge in [-0.25, -0.2) is 0 Å². The summed E-state index contributed by atoms with van der Waals surface area (Å²) in [4.78, 5) is 12.3. The van der Waals surface area contributed by atoms with Gasteiger partial charge in [-0.2, -0.15) is 0 Å². The van der Waals surface area contributed by atoms with Gasteiger partial charge in [-0.1, -0.05) is 19.9 Å². The van der Waals surface area contributed by atoms with Crippen LogP contribution in [-0.2, 0) is 9.53 Å². The molecule has 0 amide bonds. The van der Waals surface area contributed by atoms with E-state index in [1.807, 2.05) is 6.08 Å². The van der Waals surface area contributed by atoms with Crippen LogP contribution in [0.25, 0.3) is 0 Å². The first-order valence-corrected chi connectivity index (χ1v) is 8.90. The molecule has 0 N–H and O–H groups in total. The maximum absolute atomic E-state index is 12.3. The SMILES string of the molecule is C[C@]12C[C@H]3O[C@H]3C[C@@H]1CC[C@@H]1[C@@H]2CC[C@]2(C)C(=O)C=C[C@@H]12. The summed E-state index contributed by atoms with van der Waals surface area (Å²) in [6.07, 6.45) is 13.0. The van der Waals surface area contributed by atoms with Gasteiger partial charge < -0.3 is 4.74 Å². The van der Waals surface area contributed by atoms with Crippen molar-refractivity contribution in [2.75, 3.05) is 0 Å². The summed E-state index contributed by atoms with van der Waals surface area (Å²) >= 11 is 0. The van der Waals surface area contributed by atoms with E-state index in [-0.39, 0.29) is 5.41 Å². The Labute approximate surface area is 127 Å². The Morgan fingerprint density at radius 1 is 1.19 bits per heavy atom. The Balaban J connectivity index is 1.50. The van der Waals surface area contributed by atoms with Crippen molar-refractivity contribution in [3.63, 3.8) is 0 Å². The first-order valence-electron chi connectivity index (χ1n) is 8.90. The summed E-state index contributed by atoms with van der Waals surface area (Å²) in [5.74, 6) is 3.33. The lowest BCUT2D eigenvalue weighted by Crippen LogP contribution is -2.53. The molecule has 5 rings (SSSR count). The van der Waals surface area contributed by atoms with Crippen molar-refractivity contribution in [3.8, 4) is 0 Å². The van der Waals surface area contributed by atoms with Crippen molar-refractivity contribution in [3.05, 3.63) is 12.2 Å². The maximum atomic E-state index is 12.3. The van der Waals surface area contributed by atoms with Crippen LogP contribution in [0.3, 0.4) is 0 Å². The van der Waals surface area contributed by atoms with Gasteiger partial charge in [-0.3, -0.25) is 4.79 Å². The van der Waals surface area contributed by atoms with E-state index in [9.17, 15) is 4.79 Å². The van der Waals surface area contributed by atoms with E-state index in [0.717, 1.165) is 24.2 Å². The Morgan fingerprint density at radius 2 is 2.05 bits per heavy atom. The quantitative estimate of drug-likeness (QED) is 0.635. The third-order valence-electron chi connectivity index (χ3n) is 8.18. The van der Waals surface area contributed by atoms with Crippen molar-refractivity contribution in [2.45, 2.75) is 64.6 Å². The summed E-state index contributed by atoms with van der Waals surface area (Å²) in [7, 11) is 0. The number of hydrogen-bond donors (Lipinski definition) is 0. The number of epoxide rings is 1. The molecular weight excluding hydrogens is 260 g/mol. The molecule has 3 saturated carbocycles. The van der Waals surface area contributed by atoms with Gasteiger partial charge in [0.25, 0.3) is 0 Å². The second-order valence-electron chi connectivity index (χ2n) is 8.91. The molecule has 0 aromatic heterocycles. The molecule has 0 aromatic carbocycles. The fourth-order valence-electron chi connectivity index (χ4n) is 6.79. The van der Waals surface area contributed by atoms with Gasteiger partial charge >= 0.3 is 0 Å². The number of fused-ring (bicyclic) bond motifs is 6. The smallest absolute Gasteiger partial charge is 0.161 e. The van der Waals surface area contributed by atoms with Gasteiger partial charge in [0.15, 0.2) is 5.78 Å². The molecule has 114 valence electrons. The average Bonchev–Trinajstić information content (AvgIpc) is 3.12. The number of ether oxygens (including phenoxy) is 1. The highest BCUT2D eigenvalue weighted by atomic mass is 16.6. The first-order chi connectivity index (χ1) is 10.0.